The van der Waals surface area contributed by atoms with Gasteiger partial charge in [-0.3, -0.25) is 9.59 Å². The van der Waals surface area contributed by atoms with Crippen LogP contribution in [0.4, 0.5) is 0 Å². The van der Waals surface area contributed by atoms with Gasteiger partial charge in [-0.25, -0.2) is 8.42 Å². The summed E-state index contributed by atoms with van der Waals surface area (Å²) in [4.78, 5) is 27.5. The minimum absolute atomic E-state index is 0.00287. The van der Waals surface area contributed by atoms with Gasteiger partial charge in [0.1, 0.15) is 17.1 Å². The summed E-state index contributed by atoms with van der Waals surface area (Å²) < 4.78 is 35.3. The predicted molar refractivity (Wildman–Crippen MR) is 127 cm³/mol. The molecule has 1 aromatic heterocycles. The summed E-state index contributed by atoms with van der Waals surface area (Å²) in [7, 11) is -3.09. The molecular weight excluding hydrogens is 442 g/mol. The summed E-state index contributed by atoms with van der Waals surface area (Å²) in [5, 5.41) is 0.432. The Balaban J connectivity index is 1.53. The predicted octanol–water partition coefficient (Wildman–Crippen LogP) is 3.57. The third-order valence-corrected chi connectivity index (χ3v) is 7.65. The lowest BCUT2D eigenvalue weighted by Crippen LogP contribution is -2.44. The molecule has 174 valence electrons. The number of carbonyl (C=O) groups excluding carboxylic acids is 1. The number of aryl methyl sites for hydroxylation is 1. The molecule has 7 nitrogen and oxygen atoms in total. The third-order valence-electron chi connectivity index (χ3n) is 5.90. The van der Waals surface area contributed by atoms with Crippen LogP contribution in [0.3, 0.4) is 0 Å². The molecule has 0 radical (unpaired) electrons. The number of nitrogens with zero attached hydrogens (tertiary/aromatic N) is 1. The average Bonchev–Trinajstić information content (AvgIpc) is 3.15. The molecule has 0 bridgehead atoms. The van der Waals surface area contributed by atoms with Crippen LogP contribution in [-0.2, 0) is 14.6 Å². The van der Waals surface area contributed by atoms with Gasteiger partial charge >= 0.3 is 0 Å². The van der Waals surface area contributed by atoms with Gasteiger partial charge in [-0.1, -0.05) is 37.3 Å². The molecule has 8 heteroatoms. The van der Waals surface area contributed by atoms with E-state index >= 15 is 0 Å². The summed E-state index contributed by atoms with van der Waals surface area (Å²) in [5.41, 5.74) is 1.57. The molecule has 2 aromatic carbocycles. The van der Waals surface area contributed by atoms with Crippen molar-refractivity contribution in [2.75, 3.05) is 24.7 Å². The van der Waals surface area contributed by atoms with Gasteiger partial charge in [0.25, 0.3) is 5.91 Å². The topological polar surface area (TPSA) is 93.9 Å². The van der Waals surface area contributed by atoms with E-state index in [1.165, 1.54) is 0 Å². The van der Waals surface area contributed by atoms with Crippen LogP contribution in [0.2, 0.25) is 0 Å². The Kier molecular flexibility index (Phi) is 6.56. The second-order valence-electron chi connectivity index (χ2n) is 8.32. The molecule has 4 rings (SSSR count). The van der Waals surface area contributed by atoms with Crippen molar-refractivity contribution in [1.82, 2.24) is 4.90 Å². The molecule has 1 aliphatic rings. The highest BCUT2D eigenvalue weighted by Gasteiger charge is 2.34. The maximum atomic E-state index is 13.1. The van der Waals surface area contributed by atoms with Gasteiger partial charge in [0.05, 0.1) is 22.5 Å². The third kappa shape index (κ3) is 4.95. The number of ether oxygens (including phenoxy) is 1. The molecule has 0 spiro atoms. The van der Waals surface area contributed by atoms with Gasteiger partial charge in [-0.15, -0.1) is 0 Å². The van der Waals surface area contributed by atoms with Crippen molar-refractivity contribution in [1.29, 1.82) is 0 Å². The van der Waals surface area contributed by atoms with Crippen LogP contribution >= 0.6 is 0 Å². The van der Waals surface area contributed by atoms with Gasteiger partial charge < -0.3 is 14.1 Å². The number of amides is 1. The second-order valence-corrected chi connectivity index (χ2v) is 10.5. The number of sulfone groups is 1. The van der Waals surface area contributed by atoms with Gasteiger partial charge in [0, 0.05) is 18.7 Å². The average molecular weight is 470 g/mol. The lowest BCUT2D eigenvalue weighted by atomic mass is 10.0. The summed E-state index contributed by atoms with van der Waals surface area (Å²) in [6.45, 7) is 3.96. The summed E-state index contributed by atoms with van der Waals surface area (Å²) >= 11 is 0. The Hall–Kier alpha value is -3.13. The molecule has 0 saturated carbocycles. The first kappa shape index (κ1) is 23.0. The smallest absolute Gasteiger partial charge is 0.260 e. The zero-order valence-electron chi connectivity index (χ0n) is 18.7. The highest BCUT2D eigenvalue weighted by atomic mass is 32.2. The molecule has 33 heavy (non-hydrogen) atoms. The molecule has 1 amide bonds. The fourth-order valence-electron chi connectivity index (χ4n) is 4.32. The standard InChI is InChI=1S/C25H27NO6S/c1-3-12-26(19-11-13-33(29,30)16-19)23(27)15-31-20-9-10-21-22(14-20)32-17(2)24(25(21)28)18-7-5-4-6-8-18/h4-10,14,19H,3,11-13,15-16H2,1-2H3/t19-/m0/s1. The van der Waals surface area contributed by atoms with Crippen molar-refractivity contribution in [3.63, 3.8) is 0 Å². The number of hydrogen-bond donors (Lipinski definition) is 0. The molecule has 1 saturated heterocycles. The Morgan fingerprint density at radius 1 is 1.18 bits per heavy atom. The molecule has 0 N–H and O–H groups in total. The zero-order chi connectivity index (χ0) is 23.6. The summed E-state index contributed by atoms with van der Waals surface area (Å²) in [6.07, 6.45) is 1.19. The van der Waals surface area contributed by atoms with Crippen LogP contribution in [0.15, 0.2) is 57.7 Å². The zero-order valence-corrected chi connectivity index (χ0v) is 19.6. The second kappa shape index (κ2) is 9.39. The summed E-state index contributed by atoms with van der Waals surface area (Å²) in [6, 6.07) is 13.9. The van der Waals surface area contributed by atoms with Crippen molar-refractivity contribution in [2.24, 2.45) is 0 Å². The van der Waals surface area contributed by atoms with Crippen molar-refractivity contribution in [2.45, 2.75) is 32.7 Å². The molecule has 0 aliphatic carbocycles. The highest BCUT2D eigenvalue weighted by Crippen LogP contribution is 2.26. The molecule has 3 aromatic rings. The molecule has 0 unspecified atom stereocenters. The van der Waals surface area contributed by atoms with E-state index in [2.05, 4.69) is 0 Å². The quantitative estimate of drug-likeness (QED) is 0.525. The SMILES string of the molecule is CCCN(C(=O)COc1ccc2c(=O)c(-c3ccccc3)c(C)oc2c1)[C@H]1CCS(=O)(=O)C1. The lowest BCUT2D eigenvalue weighted by Gasteiger charge is -2.27. The van der Waals surface area contributed by atoms with Gasteiger partial charge in [0.2, 0.25) is 5.43 Å². The Morgan fingerprint density at radius 2 is 1.94 bits per heavy atom. The van der Waals surface area contributed by atoms with Crippen LogP contribution in [0, 0.1) is 6.92 Å². The van der Waals surface area contributed by atoms with E-state index in [1.54, 1.807) is 30.0 Å². The number of carbonyl (C=O) groups is 1. The lowest BCUT2D eigenvalue weighted by molar-refractivity contribution is -0.135. The van der Waals surface area contributed by atoms with E-state index in [4.69, 9.17) is 9.15 Å². The first-order chi connectivity index (χ1) is 15.8. The van der Waals surface area contributed by atoms with E-state index in [1.807, 2.05) is 37.3 Å². The van der Waals surface area contributed by atoms with Gasteiger partial charge in [0.15, 0.2) is 16.4 Å². The monoisotopic (exact) mass is 469 g/mol. The van der Waals surface area contributed by atoms with E-state index < -0.39 is 9.84 Å². The fraction of sp³-hybridized carbons (Fsp3) is 0.360. The van der Waals surface area contributed by atoms with Crippen molar-refractivity contribution in [3.05, 3.63) is 64.5 Å². The molecule has 1 aliphatic heterocycles. The van der Waals surface area contributed by atoms with Crippen LogP contribution in [0.25, 0.3) is 22.1 Å². The van der Waals surface area contributed by atoms with Crippen LogP contribution < -0.4 is 10.2 Å². The normalized spacial score (nSPS) is 17.2. The van der Waals surface area contributed by atoms with Crippen molar-refractivity contribution >= 4 is 26.7 Å². The number of benzene rings is 2. The minimum atomic E-state index is -3.09. The first-order valence-corrected chi connectivity index (χ1v) is 12.9. The van der Waals surface area contributed by atoms with Crippen LogP contribution in [0.1, 0.15) is 25.5 Å². The van der Waals surface area contributed by atoms with Crippen LogP contribution in [-0.4, -0.2) is 49.9 Å². The minimum Gasteiger partial charge on any atom is -0.484 e. The summed E-state index contributed by atoms with van der Waals surface area (Å²) in [5.74, 6) is 0.768. The van der Waals surface area contributed by atoms with Crippen molar-refractivity contribution in [3.8, 4) is 16.9 Å². The Bertz CT molecular complexity index is 1330. The maximum Gasteiger partial charge on any atom is 0.260 e. The highest BCUT2D eigenvalue weighted by molar-refractivity contribution is 7.91. The molecule has 1 atom stereocenters. The van der Waals surface area contributed by atoms with E-state index in [-0.39, 0.29) is 35.5 Å². The van der Waals surface area contributed by atoms with Gasteiger partial charge in [-0.05, 0) is 37.5 Å². The van der Waals surface area contributed by atoms with Crippen molar-refractivity contribution < 1.29 is 22.4 Å². The fourth-order valence-corrected chi connectivity index (χ4v) is 6.05. The van der Waals surface area contributed by atoms with Crippen LogP contribution in [0.5, 0.6) is 5.75 Å². The molecule has 2 heterocycles. The number of fused-ring (bicyclic) bond motifs is 1. The number of rotatable bonds is 7. The molecular formula is C25H27NO6S. The van der Waals surface area contributed by atoms with Gasteiger partial charge in [-0.2, -0.15) is 0 Å². The van der Waals surface area contributed by atoms with E-state index in [9.17, 15) is 18.0 Å². The Morgan fingerprint density at radius 3 is 2.61 bits per heavy atom. The Labute approximate surface area is 192 Å². The van der Waals surface area contributed by atoms with E-state index in [0.717, 1.165) is 12.0 Å². The number of hydrogen-bond acceptors (Lipinski definition) is 6. The molecule has 1 fully saturated rings. The van der Waals surface area contributed by atoms with E-state index in [0.29, 0.717) is 41.0 Å². The largest absolute Gasteiger partial charge is 0.484 e. The first-order valence-electron chi connectivity index (χ1n) is 11.0. The maximum absolute atomic E-state index is 13.1.